The highest BCUT2D eigenvalue weighted by Gasteiger charge is 2.18. The van der Waals surface area contributed by atoms with Crippen molar-refractivity contribution in [1.29, 1.82) is 0 Å². The van der Waals surface area contributed by atoms with Crippen LogP contribution in [0.25, 0.3) is 28.3 Å². The Morgan fingerprint density at radius 3 is 2.81 bits per heavy atom. The molecule has 3 heterocycles. The van der Waals surface area contributed by atoms with Gasteiger partial charge in [-0.25, -0.2) is 4.98 Å². The van der Waals surface area contributed by atoms with Crippen LogP contribution in [0.3, 0.4) is 0 Å². The lowest BCUT2D eigenvalue weighted by molar-refractivity contribution is 0.210. The number of aromatic nitrogens is 5. The third kappa shape index (κ3) is 2.99. The first-order valence-electron chi connectivity index (χ1n) is 8.97. The zero-order valence-electron chi connectivity index (χ0n) is 14.6. The van der Waals surface area contributed by atoms with Crippen molar-refractivity contribution in [2.45, 2.75) is 31.8 Å². The molecule has 136 valence electrons. The predicted octanol–water partition coefficient (Wildman–Crippen LogP) is 3.37. The number of rotatable bonds is 4. The number of fused-ring (bicyclic) bond motifs is 1. The van der Waals surface area contributed by atoms with Crippen molar-refractivity contribution in [3.8, 4) is 23.0 Å². The van der Waals surface area contributed by atoms with E-state index in [0.717, 1.165) is 29.6 Å². The molecule has 4 aromatic rings. The number of furan rings is 1. The van der Waals surface area contributed by atoms with Crippen molar-refractivity contribution in [3.63, 3.8) is 0 Å². The number of nitrogens with two attached hydrogens (primary N) is 1. The first-order valence-corrected chi connectivity index (χ1v) is 8.97. The quantitative estimate of drug-likeness (QED) is 0.593. The largest absolute Gasteiger partial charge is 0.490 e. The number of anilines is 1. The summed E-state index contributed by atoms with van der Waals surface area (Å²) in [6.07, 6.45) is 6.58. The van der Waals surface area contributed by atoms with Crippen LogP contribution in [0.1, 0.15) is 25.7 Å². The Morgan fingerprint density at radius 2 is 2.00 bits per heavy atom. The van der Waals surface area contributed by atoms with E-state index in [1.54, 1.807) is 23.1 Å². The molecule has 27 heavy (non-hydrogen) atoms. The smallest absolute Gasteiger partial charge is 0.222 e. The van der Waals surface area contributed by atoms with Gasteiger partial charge in [0.05, 0.1) is 17.9 Å². The van der Waals surface area contributed by atoms with Gasteiger partial charge in [-0.15, -0.1) is 5.10 Å². The van der Waals surface area contributed by atoms with E-state index >= 15 is 0 Å². The van der Waals surface area contributed by atoms with Crippen LogP contribution in [0.5, 0.6) is 5.75 Å². The summed E-state index contributed by atoms with van der Waals surface area (Å²) in [6, 6.07) is 11.2. The van der Waals surface area contributed by atoms with Gasteiger partial charge in [0.15, 0.2) is 11.6 Å². The van der Waals surface area contributed by atoms with Gasteiger partial charge in [-0.05, 0) is 49.9 Å². The highest BCUT2D eigenvalue weighted by atomic mass is 16.5. The molecule has 0 aliphatic heterocycles. The van der Waals surface area contributed by atoms with E-state index in [1.165, 1.54) is 12.8 Å². The summed E-state index contributed by atoms with van der Waals surface area (Å²) in [5, 5.41) is 8.50. The summed E-state index contributed by atoms with van der Waals surface area (Å²) < 4.78 is 13.1. The van der Waals surface area contributed by atoms with Crippen LogP contribution in [-0.2, 0) is 0 Å². The first-order chi connectivity index (χ1) is 13.3. The van der Waals surface area contributed by atoms with Crippen LogP contribution in [0.2, 0.25) is 0 Å². The maximum atomic E-state index is 6.05. The molecule has 0 bridgehead atoms. The molecule has 1 saturated carbocycles. The second-order valence-electron chi connectivity index (χ2n) is 6.62. The SMILES string of the molecule is Nc1nc(-c2ccco2)cc(-n2nnc3cc(OC4CCCC4)ccc32)n1. The fourth-order valence-corrected chi connectivity index (χ4v) is 3.46. The van der Waals surface area contributed by atoms with Crippen molar-refractivity contribution in [2.24, 2.45) is 0 Å². The highest BCUT2D eigenvalue weighted by Crippen LogP contribution is 2.27. The van der Waals surface area contributed by atoms with E-state index in [-0.39, 0.29) is 5.95 Å². The van der Waals surface area contributed by atoms with Crippen LogP contribution in [0, 0.1) is 0 Å². The Hall–Kier alpha value is -3.42. The fourth-order valence-electron chi connectivity index (χ4n) is 3.46. The second kappa shape index (κ2) is 6.39. The van der Waals surface area contributed by atoms with E-state index in [1.807, 2.05) is 24.3 Å². The second-order valence-corrected chi connectivity index (χ2v) is 6.62. The molecular weight excluding hydrogens is 344 g/mol. The molecule has 1 aliphatic carbocycles. The van der Waals surface area contributed by atoms with E-state index in [4.69, 9.17) is 14.9 Å². The average molecular weight is 362 g/mol. The molecule has 1 fully saturated rings. The monoisotopic (exact) mass is 362 g/mol. The topological polar surface area (TPSA) is 105 Å². The van der Waals surface area contributed by atoms with E-state index in [9.17, 15) is 0 Å². The molecular formula is C19H18N6O2. The molecule has 5 rings (SSSR count). The number of nitrogens with zero attached hydrogens (tertiary/aromatic N) is 5. The van der Waals surface area contributed by atoms with Gasteiger partial charge in [-0.1, -0.05) is 5.21 Å². The average Bonchev–Trinajstić information content (AvgIpc) is 3.42. The normalized spacial score (nSPS) is 14.8. The van der Waals surface area contributed by atoms with Gasteiger partial charge >= 0.3 is 0 Å². The Bertz CT molecular complexity index is 1080. The summed E-state index contributed by atoms with van der Waals surface area (Å²) >= 11 is 0. The molecule has 1 aromatic carbocycles. The molecule has 8 nitrogen and oxygen atoms in total. The lowest BCUT2D eigenvalue weighted by Crippen LogP contribution is -2.10. The first kappa shape index (κ1) is 15.8. The van der Waals surface area contributed by atoms with Gasteiger partial charge in [0.25, 0.3) is 0 Å². The Kier molecular flexibility index (Phi) is 3.74. The fraction of sp³-hybridized carbons (Fsp3) is 0.263. The van der Waals surface area contributed by atoms with Crippen LogP contribution in [0.15, 0.2) is 47.1 Å². The van der Waals surface area contributed by atoms with Gasteiger partial charge in [0, 0.05) is 12.1 Å². The minimum Gasteiger partial charge on any atom is -0.490 e. The maximum Gasteiger partial charge on any atom is 0.222 e. The van der Waals surface area contributed by atoms with Crippen LogP contribution < -0.4 is 10.5 Å². The molecule has 2 N–H and O–H groups in total. The van der Waals surface area contributed by atoms with Gasteiger partial charge in [0.2, 0.25) is 5.95 Å². The minimum absolute atomic E-state index is 0.142. The predicted molar refractivity (Wildman–Crippen MR) is 99.5 cm³/mol. The summed E-state index contributed by atoms with van der Waals surface area (Å²) in [5.41, 5.74) is 8.03. The van der Waals surface area contributed by atoms with E-state index in [0.29, 0.717) is 23.4 Å². The molecule has 0 unspecified atom stereocenters. The summed E-state index contributed by atoms with van der Waals surface area (Å²) in [7, 11) is 0. The van der Waals surface area contributed by atoms with Crippen molar-refractivity contribution < 1.29 is 9.15 Å². The van der Waals surface area contributed by atoms with Crippen molar-refractivity contribution in [3.05, 3.63) is 42.7 Å². The summed E-state index contributed by atoms with van der Waals surface area (Å²) in [5.74, 6) is 2.10. The summed E-state index contributed by atoms with van der Waals surface area (Å²) in [6.45, 7) is 0. The van der Waals surface area contributed by atoms with Crippen LogP contribution >= 0.6 is 0 Å². The van der Waals surface area contributed by atoms with Crippen LogP contribution in [-0.4, -0.2) is 31.1 Å². The summed E-state index contributed by atoms with van der Waals surface area (Å²) in [4.78, 5) is 8.53. The standard InChI is InChI=1S/C19H18N6O2/c20-19-21-15(17-6-3-9-26-17)11-18(22-19)25-16-8-7-13(10-14(16)23-24-25)27-12-4-1-2-5-12/h3,6-12H,1-2,4-5H2,(H2,20,21,22). The molecule has 1 aliphatic rings. The molecule has 3 aromatic heterocycles. The van der Waals surface area contributed by atoms with Gasteiger partial charge in [-0.3, -0.25) is 0 Å². The van der Waals surface area contributed by atoms with Gasteiger partial charge in [0.1, 0.15) is 17.0 Å². The third-order valence-electron chi connectivity index (χ3n) is 4.74. The number of nitrogen functional groups attached to an aromatic ring is 1. The van der Waals surface area contributed by atoms with Crippen LogP contribution in [0.4, 0.5) is 5.95 Å². The highest BCUT2D eigenvalue weighted by molar-refractivity contribution is 5.77. The van der Waals surface area contributed by atoms with Gasteiger partial charge < -0.3 is 14.9 Å². The number of ether oxygens (including phenoxy) is 1. The number of hydrogen-bond acceptors (Lipinski definition) is 7. The molecule has 0 saturated heterocycles. The Morgan fingerprint density at radius 1 is 1.11 bits per heavy atom. The van der Waals surface area contributed by atoms with Gasteiger partial charge in [-0.2, -0.15) is 9.67 Å². The molecule has 0 spiro atoms. The van der Waals surface area contributed by atoms with E-state index in [2.05, 4.69) is 20.3 Å². The van der Waals surface area contributed by atoms with Crippen molar-refractivity contribution in [2.75, 3.05) is 5.73 Å². The Labute approximate surface area is 155 Å². The minimum atomic E-state index is 0.142. The molecule has 0 amide bonds. The Balaban J connectivity index is 1.51. The maximum absolute atomic E-state index is 6.05. The third-order valence-corrected chi connectivity index (χ3v) is 4.74. The zero-order valence-corrected chi connectivity index (χ0v) is 14.6. The lowest BCUT2D eigenvalue weighted by Gasteiger charge is -2.12. The zero-order chi connectivity index (χ0) is 18.2. The number of benzene rings is 1. The molecule has 8 heteroatoms. The lowest BCUT2D eigenvalue weighted by atomic mass is 10.2. The van der Waals surface area contributed by atoms with Crippen molar-refractivity contribution >= 4 is 17.0 Å². The number of hydrogen-bond donors (Lipinski definition) is 1. The molecule has 0 radical (unpaired) electrons. The van der Waals surface area contributed by atoms with E-state index < -0.39 is 0 Å². The van der Waals surface area contributed by atoms with Crippen molar-refractivity contribution in [1.82, 2.24) is 25.0 Å². The molecule has 0 atom stereocenters.